The van der Waals surface area contributed by atoms with Crippen LogP contribution in [-0.2, 0) is 14.4 Å². The number of aromatic nitrogens is 1. The van der Waals surface area contributed by atoms with Crippen molar-refractivity contribution in [2.75, 3.05) is 18.9 Å². The molecule has 26 heavy (non-hydrogen) atoms. The van der Waals surface area contributed by atoms with E-state index < -0.39 is 17.7 Å². The highest BCUT2D eigenvalue weighted by Crippen LogP contribution is 2.22. The maximum absolute atomic E-state index is 11.7. The van der Waals surface area contributed by atoms with Gasteiger partial charge in [-0.1, -0.05) is 6.07 Å². The number of benzene rings is 1. The van der Waals surface area contributed by atoms with E-state index in [0.29, 0.717) is 17.3 Å². The van der Waals surface area contributed by atoms with Gasteiger partial charge in [0.05, 0.1) is 18.4 Å². The van der Waals surface area contributed by atoms with Crippen LogP contribution in [0.5, 0.6) is 11.6 Å². The second-order valence-corrected chi connectivity index (χ2v) is 5.54. The minimum atomic E-state index is -0.913. The summed E-state index contributed by atoms with van der Waals surface area (Å²) in [6.07, 6.45) is 1.38. The highest BCUT2D eigenvalue weighted by atomic mass is 16.5. The van der Waals surface area contributed by atoms with Crippen molar-refractivity contribution in [1.82, 2.24) is 15.6 Å². The fourth-order valence-corrected chi connectivity index (χ4v) is 1.93. The lowest BCUT2D eigenvalue weighted by molar-refractivity contribution is -0.136. The minimum Gasteiger partial charge on any atom is -0.439 e. The van der Waals surface area contributed by atoms with Crippen LogP contribution in [0.25, 0.3) is 0 Å². The summed E-state index contributed by atoms with van der Waals surface area (Å²) >= 11 is 0. The molecule has 1 aromatic heterocycles. The fourth-order valence-electron chi connectivity index (χ4n) is 1.93. The standard InChI is InChI=1S/C18H20N4O4/c1-11-4-6-14(8-12(11)2)26-16-7-5-13(9-20-16)22-18(25)17(24)21-10-15(23)19-3/h4-9H,10H2,1-3H3,(H,19,23)(H,21,24)(H,22,25). The van der Waals surface area contributed by atoms with Gasteiger partial charge in [-0.15, -0.1) is 0 Å². The van der Waals surface area contributed by atoms with E-state index in [-0.39, 0.29) is 6.54 Å². The molecule has 0 bridgehead atoms. The molecule has 2 aromatic rings. The van der Waals surface area contributed by atoms with Gasteiger partial charge in [-0.2, -0.15) is 0 Å². The average molecular weight is 356 g/mol. The molecule has 0 spiro atoms. The molecule has 0 radical (unpaired) electrons. The van der Waals surface area contributed by atoms with Crippen LogP contribution in [0.2, 0.25) is 0 Å². The molecule has 0 saturated carbocycles. The molecular formula is C18H20N4O4. The Kier molecular flexibility index (Phi) is 6.26. The average Bonchev–Trinajstić information content (AvgIpc) is 2.64. The first-order chi connectivity index (χ1) is 12.4. The number of hydrogen-bond acceptors (Lipinski definition) is 5. The first-order valence-electron chi connectivity index (χ1n) is 7.90. The molecule has 0 aliphatic rings. The van der Waals surface area contributed by atoms with Crippen LogP contribution < -0.4 is 20.7 Å². The Morgan fingerprint density at radius 2 is 1.81 bits per heavy atom. The Morgan fingerprint density at radius 3 is 2.42 bits per heavy atom. The third kappa shape index (κ3) is 5.30. The molecule has 136 valence electrons. The van der Waals surface area contributed by atoms with Gasteiger partial charge in [-0.05, 0) is 43.2 Å². The lowest BCUT2D eigenvalue weighted by Gasteiger charge is -2.08. The number of carbonyl (C=O) groups excluding carboxylic acids is 3. The summed E-state index contributed by atoms with van der Waals surface area (Å²) in [6.45, 7) is 3.73. The Balaban J connectivity index is 1.92. The van der Waals surface area contributed by atoms with Gasteiger partial charge in [-0.3, -0.25) is 14.4 Å². The summed E-state index contributed by atoms with van der Waals surface area (Å²) in [6, 6.07) is 8.84. The first-order valence-corrected chi connectivity index (χ1v) is 7.90. The van der Waals surface area contributed by atoms with Gasteiger partial charge in [-0.25, -0.2) is 4.98 Å². The molecule has 0 atom stereocenters. The molecule has 1 aromatic carbocycles. The van der Waals surface area contributed by atoms with E-state index in [9.17, 15) is 14.4 Å². The zero-order valence-electron chi connectivity index (χ0n) is 14.8. The second kappa shape index (κ2) is 8.61. The van der Waals surface area contributed by atoms with Crippen LogP contribution in [0, 0.1) is 13.8 Å². The molecule has 0 aliphatic carbocycles. The van der Waals surface area contributed by atoms with Crippen molar-refractivity contribution in [2.24, 2.45) is 0 Å². The molecule has 2 rings (SSSR count). The van der Waals surface area contributed by atoms with Crippen LogP contribution in [0.15, 0.2) is 36.5 Å². The highest BCUT2D eigenvalue weighted by Gasteiger charge is 2.14. The van der Waals surface area contributed by atoms with Crippen molar-refractivity contribution in [3.8, 4) is 11.6 Å². The van der Waals surface area contributed by atoms with E-state index in [4.69, 9.17) is 4.74 Å². The van der Waals surface area contributed by atoms with Crippen molar-refractivity contribution in [3.63, 3.8) is 0 Å². The topological polar surface area (TPSA) is 109 Å². The number of nitrogens with zero attached hydrogens (tertiary/aromatic N) is 1. The Morgan fingerprint density at radius 1 is 1.04 bits per heavy atom. The number of aryl methyl sites for hydroxylation is 2. The lowest BCUT2D eigenvalue weighted by atomic mass is 10.1. The van der Waals surface area contributed by atoms with Crippen molar-refractivity contribution < 1.29 is 19.1 Å². The number of hydrogen-bond donors (Lipinski definition) is 3. The number of amides is 3. The van der Waals surface area contributed by atoms with Crippen LogP contribution >= 0.6 is 0 Å². The number of anilines is 1. The van der Waals surface area contributed by atoms with Crippen LogP contribution in [0.3, 0.4) is 0 Å². The third-order valence-corrected chi connectivity index (χ3v) is 3.59. The van der Waals surface area contributed by atoms with Crippen molar-refractivity contribution in [3.05, 3.63) is 47.7 Å². The van der Waals surface area contributed by atoms with Crippen molar-refractivity contribution >= 4 is 23.4 Å². The SMILES string of the molecule is CNC(=O)CNC(=O)C(=O)Nc1ccc(Oc2ccc(C)c(C)c2)nc1. The molecule has 0 aliphatic heterocycles. The van der Waals surface area contributed by atoms with E-state index >= 15 is 0 Å². The van der Waals surface area contributed by atoms with Gasteiger partial charge < -0.3 is 20.7 Å². The Bertz CT molecular complexity index is 818. The third-order valence-electron chi connectivity index (χ3n) is 3.59. The highest BCUT2D eigenvalue weighted by molar-refractivity contribution is 6.39. The van der Waals surface area contributed by atoms with Crippen molar-refractivity contribution in [1.29, 1.82) is 0 Å². The Labute approximate surface area is 151 Å². The molecule has 8 heteroatoms. The van der Waals surface area contributed by atoms with Crippen LogP contribution in [0.4, 0.5) is 5.69 Å². The molecule has 0 unspecified atom stereocenters. The van der Waals surface area contributed by atoms with Gasteiger partial charge in [0, 0.05) is 13.1 Å². The number of ether oxygens (including phenoxy) is 1. The molecular weight excluding hydrogens is 336 g/mol. The van der Waals surface area contributed by atoms with Crippen LogP contribution in [0.1, 0.15) is 11.1 Å². The van der Waals surface area contributed by atoms with E-state index in [0.717, 1.165) is 11.1 Å². The normalized spacial score (nSPS) is 9.96. The fraction of sp³-hybridized carbons (Fsp3) is 0.222. The van der Waals surface area contributed by atoms with Gasteiger partial charge in [0.15, 0.2) is 0 Å². The van der Waals surface area contributed by atoms with E-state index in [1.165, 1.54) is 13.2 Å². The summed E-state index contributed by atoms with van der Waals surface area (Å²) in [4.78, 5) is 38.5. The minimum absolute atomic E-state index is 0.274. The van der Waals surface area contributed by atoms with E-state index in [1.54, 1.807) is 12.1 Å². The molecule has 0 fully saturated rings. The van der Waals surface area contributed by atoms with Crippen LogP contribution in [-0.4, -0.2) is 36.3 Å². The number of nitrogens with one attached hydrogen (secondary N) is 3. The molecule has 0 saturated heterocycles. The monoisotopic (exact) mass is 356 g/mol. The predicted molar refractivity (Wildman–Crippen MR) is 95.9 cm³/mol. The molecule has 8 nitrogen and oxygen atoms in total. The first kappa shape index (κ1) is 18.9. The molecule has 3 amide bonds. The van der Waals surface area contributed by atoms with Gasteiger partial charge in [0.1, 0.15) is 5.75 Å². The largest absolute Gasteiger partial charge is 0.439 e. The van der Waals surface area contributed by atoms with E-state index in [2.05, 4.69) is 20.9 Å². The van der Waals surface area contributed by atoms with Gasteiger partial charge in [0.2, 0.25) is 11.8 Å². The second-order valence-electron chi connectivity index (χ2n) is 5.54. The maximum atomic E-state index is 11.7. The quantitative estimate of drug-likeness (QED) is 0.700. The number of likely N-dealkylation sites (N-methyl/N-ethyl adjacent to an activating group) is 1. The molecule has 3 N–H and O–H groups in total. The molecule has 1 heterocycles. The van der Waals surface area contributed by atoms with Gasteiger partial charge >= 0.3 is 11.8 Å². The number of pyridine rings is 1. The van der Waals surface area contributed by atoms with E-state index in [1.807, 2.05) is 32.0 Å². The Hall–Kier alpha value is -3.42. The van der Waals surface area contributed by atoms with Gasteiger partial charge in [0.25, 0.3) is 0 Å². The summed E-state index contributed by atoms with van der Waals surface area (Å²) in [5, 5.41) is 6.92. The van der Waals surface area contributed by atoms with Crippen molar-refractivity contribution in [2.45, 2.75) is 13.8 Å². The summed E-state index contributed by atoms with van der Waals surface area (Å²) in [5.74, 6) is -1.19. The summed E-state index contributed by atoms with van der Waals surface area (Å²) < 4.78 is 5.65. The predicted octanol–water partition coefficient (Wildman–Crippen LogP) is 1.29. The summed E-state index contributed by atoms with van der Waals surface area (Å²) in [7, 11) is 1.43. The summed E-state index contributed by atoms with van der Waals surface area (Å²) in [5.41, 5.74) is 2.60. The number of rotatable bonds is 5. The zero-order chi connectivity index (χ0) is 19.1. The lowest BCUT2D eigenvalue weighted by Crippen LogP contribution is -2.41. The zero-order valence-corrected chi connectivity index (χ0v) is 14.8. The maximum Gasteiger partial charge on any atom is 0.313 e. The number of carbonyl (C=O) groups is 3. The smallest absolute Gasteiger partial charge is 0.313 e.